The number of likely N-dealkylation sites (tertiary alicyclic amines) is 1. The van der Waals surface area contributed by atoms with Crippen LogP contribution >= 0.6 is 0 Å². The number of benzene rings is 1. The first kappa shape index (κ1) is 17.5. The number of amides is 2. The average Bonchev–Trinajstić information content (AvgIpc) is 2.95. The summed E-state index contributed by atoms with van der Waals surface area (Å²) in [5.41, 5.74) is 3.03. The zero-order chi connectivity index (χ0) is 18.1. The number of hydrogen-bond acceptors (Lipinski definition) is 3. The van der Waals surface area contributed by atoms with Gasteiger partial charge in [-0.25, -0.2) is 0 Å². The van der Waals surface area contributed by atoms with E-state index in [1.165, 1.54) is 0 Å². The second-order valence-electron chi connectivity index (χ2n) is 7.19. The molecule has 2 fully saturated rings. The normalized spacial score (nSPS) is 21.7. The minimum absolute atomic E-state index is 0.0240. The molecule has 2 saturated heterocycles. The van der Waals surface area contributed by atoms with Crippen LogP contribution in [-0.2, 0) is 14.4 Å². The van der Waals surface area contributed by atoms with Crippen molar-refractivity contribution in [2.45, 2.75) is 33.1 Å². The third kappa shape index (κ3) is 3.67. The lowest BCUT2D eigenvalue weighted by Crippen LogP contribution is -2.43. The van der Waals surface area contributed by atoms with Crippen LogP contribution in [0.25, 0.3) is 0 Å². The topological polar surface area (TPSA) is 77.9 Å². The molecule has 25 heavy (non-hydrogen) atoms. The summed E-state index contributed by atoms with van der Waals surface area (Å²) in [4.78, 5) is 39.6. The Hall–Kier alpha value is -2.37. The minimum atomic E-state index is -0.788. The molecule has 1 aromatic rings. The van der Waals surface area contributed by atoms with Crippen molar-refractivity contribution >= 4 is 23.5 Å². The predicted octanol–water partition coefficient (Wildman–Crippen LogP) is 1.98. The molecule has 2 aliphatic heterocycles. The van der Waals surface area contributed by atoms with Crippen molar-refractivity contribution in [2.75, 3.05) is 24.5 Å². The average molecular weight is 344 g/mol. The zero-order valence-electron chi connectivity index (χ0n) is 14.7. The molecule has 0 aliphatic carbocycles. The number of aryl methyl sites for hydroxylation is 2. The summed E-state index contributed by atoms with van der Waals surface area (Å²) >= 11 is 0. The molecule has 0 bridgehead atoms. The Morgan fingerprint density at radius 2 is 1.64 bits per heavy atom. The number of carbonyl (C=O) groups is 3. The van der Waals surface area contributed by atoms with Gasteiger partial charge in [-0.15, -0.1) is 0 Å². The number of nitrogens with zero attached hydrogens (tertiary/aromatic N) is 2. The quantitative estimate of drug-likeness (QED) is 0.909. The fraction of sp³-hybridized carbons (Fsp3) is 0.526. The predicted molar refractivity (Wildman–Crippen MR) is 93.3 cm³/mol. The van der Waals surface area contributed by atoms with Gasteiger partial charge in [0.15, 0.2) is 0 Å². The molecule has 2 heterocycles. The van der Waals surface area contributed by atoms with Crippen LogP contribution in [0.15, 0.2) is 18.2 Å². The lowest BCUT2D eigenvalue weighted by Gasteiger charge is -2.31. The Labute approximate surface area is 147 Å². The lowest BCUT2D eigenvalue weighted by atomic mass is 9.95. The number of hydrogen-bond donors (Lipinski definition) is 1. The fourth-order valence-corrected chi connectivity index (χ4v) is 3.83. The van der Waals surface area contributed by atoms with Crippen molar-refractivity contribution < 1.29 is 19.5 Å². The van der Waals surface area contributed by atoms with E-state index in [-0.39, 0.29) is 30.1 Å². The van der Waals surface area contributed by atoms with Gasteiger partial charge in [-0.1, -0.05) is 6.07 Å². The second-order valence-corrected chi connectivity index (χ2v) is 7.19. The number of carbonyl (C=O) groups excluding carboxylic acids is 2. The van der Waals surface area contributed by atoms with E-state index < -0.39 is 5.97 Å². The van der Waals surface area contributed by atoms with E-state index in [1.807, 2.05) is 26.0 Å². The highest BCUT2D eigenvalue weighted by Gasteiger charge is 2.38. The third-order valence-electron chi connectivity index (χ3n) is 5.15. The summed E-state index contributed by atoms with van der Waals surface area (Å²) in [5.74, 6) is -1.53. The molecular weight excluding hydrogens is 320 g/mol. The van der Waals surface area contributed by atoms with Gasteiger partial charge >= 0.3 is 5.97 Å². The maximum Gasteiger partial charge on any atom is 0.306 e. The number of rotatable bonds is 3. The van der Waals surface area contributed by atoms with Gasteiger partial charge in [0.25, 0.3) is 0 Å². The van der Waals surface area contributed by atoms with Crippen molar-refractivity contribution in [2.24, 2.45) is 11.8 Å². The van der Waals surface area contributed by atoms with E-state index in [0.29, 0.717) is 32.5 Å². The molecule has 0 aromatic heterocycles. The van der Waals surface area contributed by atoms with Gasteiger partial charge in [-0.3, -0.25) is 14.4 Å². The number of carboxylic acids is 1. The molecule has 1 aromatic carbocycles. The van der Waals surface area contributed by atoms with Crippen LogP contribution in [0.3, 0.4) is 0 Å². The van der Waals surface area contributed by atoms with Crippen LogP contribution in [0.4, 0.5) is 5.69 Å². The molecular formula is C19H24N2O4. The molecule has 3 rings (SSSR count). The Morgan fingerprint density at radius 1 is 1.04 bits per heavy atom. The van der Waals surface area contributed by atoms with E-state index in [0.717, 1.165) is 16.8 Å². The molecule has 134 valence electrons. The molecule has 1 atom stereocenters. The Morgan fingerprint density at radius 3 is 2.20 bits per heavy atom. The van der Waals surface area contributed by atoms with Gasteiger partial charge in [-0.2, -0.15) is 0 Å². The summed E-state index contributed by atoms with van der Waals surface area (Å²) < 4.78 is 0. The van der Waals surface area contributed by atoms with Gasteiger partial charge in [0.2, 0.25) is 11.8 Å². The maximum atomic E-state index is 12.7. The number of piperidine rings is 1. The van der Waals surface area contributed by atoms with Gasteiger partial charge in [-0.05, 0) is 49.9 Å². The van der Waals surface area contributed by atoms with E-state index in [4.69, 9.17) is 5.11 Å². The molecule has 1 N–H and O–H groups in total. The van der Waals surface area contributed by atoms with Gasteiger partial charge in [0.1, 0.15) is 0 Å². The van der Waals surface area contributed by atoms with Crippen LogP contribution in [-0.4, -0.2) is 47.4 Å². The minimum Gasteiger partial charge on any atom is -0.481 e. The first-order valence-corrected chi connectivity index (χ1v) is 8.75. The van der Waals surface area contributed by atoms with Crippen LogP contribution < -0.4 is 4.90 Å². The van der Waals surface area contributed by atoms with Gasteiger partial charge in [0.05, 0.1) is 11.8 Å². The molecule has 0 radical (unpaired) electrons. The Bertz CT molecular complexity index is 687. The number of aliphatic carboxylic acids is 1. The molecule has 2 aliphatic rings. The first-order chi connectivity index (χ1) is 11.8. The van der Waals surface area contributed by atoms with Crippen molar-refractivity contribution in [1.82, 2.24) is 4.90 Å². The monoisotopic (exact) mass is 344 g/mol. The van der Waals surface area contributed by atoms with Crippen LogP contribution in [0.2, 0.25) is 0 Å². The summed E-state index contributed by atoms with van der Waals surface area (Å²) in [6.07, 6.45) is 1.20. The number of carboxylic acid groups (broad SMARTS) is 1. The zero-order valence-corrected chi connectivity index (χ0v) is 14.7. The first-order valence-electron chi connectivity index (χ1n) is 8.75. The van der Waals surface area contributed by atoms with E-state index >= 15 is 0 Å². The summed E-state index contributed by atoms with van der Waals surface area (Å²) in [6, 6.07) is 5.99. The summed E-state index contributed by atoms with van der Waals surface area (Å²) in [7, 11) is 0. The van der Waals surface area contributed by atoms with Crippen LogP contribution in [0, 0.1) is 25.7 Å². The van der Waals surface area contributed by atoms with Crippen molar-refractivity contribution in [3.05, 3.63) is 29.3 Å². The van der Waals surface area contributed by atoms with E-state index in [2.05, 4.69) is 6.07 Å². The van der Waals surface area contributed by atoms with Crippen molar-refractivity contribution in [3.63, 3.8) is 0 Å². The highest BCUT2D eigenvalue weighted by Crippen LogP contribution is 2.29. The molecule has 2 amide bonds. The van der Waals surface area contributed by atoms with Crippen molar-refractivity contribution in [3.8, 4) is 0 Å². The molecule has 0 spiro atoms. The third-order valence-corrected chi connectivity index (χ3v) is 5.15. The lowest BCUT2D eigenvalue weighted by molar-refractivity contribution is -0.146. The van der Waals surface area contributed by atoms with Crippen molar-refractivity contribution in [1.29, 1.82) is 0 Å². The molecule has 6 nitrogen and oxygen atoms in total. The van der Waals surface area contributed by atoms with E-state index in [9.17, 15) is 14.4 Å². The number of anilines is 1. The van der Waals surface area contributed by atoms with E-state index in [1.54, 1.807) is 9.80 Å². The smallest absolute Gasteiger partial charge is 0.306 e. The fourth-order valence-electron chi connectivity index (χ4n) is 3.83. The Balaban J connectivity index is 1.66. The summed E-state index contributed by atoms with van der Waals surface area (Å²) in [6.45, 7) is 5.31. The summed E-state index contributed by atoms with van der Waals surface area (Å²) in [5, 5.41) is 9.06. The van der Waals surface area contributed by atoms with Crippen LogP contribution in [0.5, 0.6) is 0 Å². The molecule has 6 heteroatoms. The molecule has 0 unspecified atom stereocenters. The van der Waals surface area contributed by atoms with Gasteiger partial charge in [0, 0.05) is 31.7 Å². The highest BCUT2D eigenvalue weighted by molar-refractivity contribution is 6.00. The SMILES string of the molecule is Cc1cc(C)cc(N2C[C@@H](C(=O)N3CCC(C(=O)O)CC3)CC2=O)c1. The largest absolute Gasteiger partial charge is 0.481 e. The molecule has 0 saturated carbocycles. The maximum absolute atomic E-state index is 12.7. The second kappa shape index (κ2) is 6.86. The van der Waals surface area contributed by atoms with Crippen LogP contribution in [0.1, 0.15) is 30.4 Å². The van der Waals surface area contributed by atoms with Gasteiger partial charge < -0.3 is 14.9 Å². The Kier molecular flexibility index (Phi) is 4.79. The standard InChI is InChI=1S/C19H24N2O4/c1-12-7-13(2)9-16(8-12)21-11-15(10-17(21)22)18(23)20-5-3-14(4-6-20)19(24)25/h7-9,14-15H,3-6,10-11H2,1-2H3,(H,24,25)/t15-/m0/s1. The highest BCUT2D eigenvalue weighted by atomic mass is 16.4.